The van der Waals surface area contributed by atoms with E-state index in [9.17, 15) is 4.79 Å². The highest BCUT2D eigenvalue weighted by Gasteiger charge is 2.21. The van der Waals surface area contributed by atoms with Gasteiger partial charge in [0.15, 0.2) is 11.0 Å². The zero-order chi connectivity index (χ0) is 19.1. The Hall–Kier alpha value is -1.86. The molecule has 146 valence electrons. The number of piperidine rings is 1. The van der Waals surface area contributed by atoms with Gasteiger partial charge in [0.05, 0.1) is 25.4 Å². The Morgan fingerprint density at radius 3 is 2.63 bits per heavy atom. The van der Waals surface area contributed by atoms with Gasteiger partial charge in [0.25, 0.3) is 0 Å². The van der Waals surface area contributed by atoms with Gasteiger partial charge in [0.2, 0.25) is 5.91 Å². The summed E-state index contributed by atoms with van der Waals surface area (Å²) in [7, 11) is 0. The lowest BCUT2D eigenvalue weighted by Crippen LogP contribution is -3.11. The Morgan fingerprint density at radius 1 is 1.19 bits per heavy atom. The number of nitrogens with one attached hydrogen (secondary N) is 2. The zero-order valence-corrected chi connectivity index (χ0v) is 17.1. The second kappa shape index (κ2) is 9.90. The number of rotatable bonds is 8. The summed E-state index contributed by atoms with van der Waals surface area (Å²) in [6.07, 6.45) is 3.92. The normalized spacial score (nSPS) is 15.2. The number of hydrogen-bond donors (Lipinski definition) is 2. The number of thioether (sulfide) groups is 1. The van der Waals surface area contributed by atoms with Crippen LogP contribution in [0.1, 0.15) is 44.5 Å². The first kappa shape index (κ1) is 19.9. The summed E-state index contributed by atoms with van der Waals surface area (Å²) in [5.41, 5.74) is 1.22. The summed E-state index contributed by atoms with van der Waals surface area (Å²) in [6, 6.07) is 10.5. The van der Waals surface area contributed by atoms with Crippen LogP contribution in [-0.4, -0.2) is 45.6 Å². The summed E-state index contributed by atoms with van der Waals surface area (Å²) >= 11 is 1.47. The van der Waals surface area contributed by atoms with Crippen molar-refractivity contribution in [3.8, 4) is 0 Å². The number of carbonyl (C=O) groups is 1. The molecule has 2 aromatic rings. The monoisotopic (exact) mass is 388 g/mol. The topological polar surface area (TPSA) is 64.2 Å². The molecule has 0 aliphatic carbocycles. The second-order valence-corrected chi connectivity index (χ2v) is 8.41. The number of aromatic nitrogens is 3. The molecular weight excluding hydrogens is 358 g/mol. The largest absolute Gasteiger partial charge is 0.353 e. The average molecular weight is 389 g/mol. The lowest BCUT2D eigenvalue weighted by Gasteiger charge is -2.23. The molecule has 6 nitrogen and oxygen atoms in total. The fraction of sp³-hybridized carbons (Fsp3) is 0.550. The minimum Gasteiger partial charge on any atom is -0.353 e. The number of benzene rings is 1. The molecule has 0 bridgehead atoms. The van der Waals surface area contributed by atoms with Crippen molar-refractivity contribution < 1.29 is 9.69 Å². The van der Waals surface area contributed by atoms with Gasteiger partial charge in [-0.05, 0) is 38.7 Å². The van der Waals surface area contributed by atoms with E-state index < -0.39 is 0 Å². The van der Waals surface area contributed by atoms with Gasteiger partial charge in [-0.3, -0.25) is 9.36 Å². The minimum absolute atomic E-state index is 0.0347. The first-order chi connectivity index (χ1) is 13.1. The molecule has 0 unspecified atom stereocenters. The molecule has 0 saturated carbocycles. The van der Waals surface area contributed by atoms with Crippen molar-refractivity contribution in [1.82, 2.24) is 20.1 Å². The quantitative estimate of drug-likeness (QED) is 0.673. The van der Waals surface area contributed by atoms with Gasteiger partial charge >= 0.3 is 0 Å². The smallest absolute Gasteiger partial charge is 0.230 e. The van der Waals surface area contributed by atoms with Crippen molar-refractivity contribution in [2.45, 2.75) is 57.4 Å². The van der Waals surface area contributed by atoms with Gasteiger partial charge < -0.3 is 10.2 Å². The Kier molecular flexibility index (Phi) is 7.29. The molecule has 1 fully saturated rings. The highest BCUT2D eigenvalue weighted by atomic mass is 32.2. The van der Waals surface area contributed by atoms with Crippen LogP contribution in [0, 0.1) is 0 Å². The number of carbonyl (C=O) groups excluding carboxylic acids is 1. The number of nitrogens with zero attached hydrogens (tertiary/aromatic N) is 3. The van der Waals surface area contributed by atoms with Gasteiger partial charge in [-0.15, -0.1) is 10.2 Å². The Bertz CT molecular complexity index is 725. The molecule has 1 saturated heterocycles. The van der Waals surface area contributed by atoms with Crippen molar-refractivity contribution in [2.75, 3.05) is 18.8 Å². The van der Waals surface area contributed by atoms with Crippen molar-refractivity contribution in [3.05, 3.63) is 41.7 Å². The van der Waals surface area contributed by atoms with Crippen molar-refractivity contribution in [2.24, 2.45) is 0 Å². The Morgan fingerprint density at radius 2 is 1.93 bits per heavy atom. The molecule has 7 heteroatoms. The summed E-state index contributed by atoms with van der Waals surface area (Å²) in [5.74, 6) is 1.41. The van der Waals surface area contributed by atoms with Gasteiger partial charge in [0.1, 0.15) is 6.54 Å². The van der Waals surface area contributed by atoms with Gasteiger partial charge in [-0.25, -0.2) is 0 Å². The van der Waals surface area contributed by atoms with Crippen LogP contribution in [-0.2, 0) is 17.9 Å². The first-order valence-corrected chi connectivity index (χ1v) is 10.8. The average Bonchev–Trinajstić information content (AvgIpc) is 3.03. The molecule has 2 heterocycles. The van der Waals surface area contributed by atoms with Crippen LogP contribution in [0.15, 0.2) is 35.5 Å². The third-order valence-corrected chi connectivity index (χ3v) is 5.69. The molecule has 1 aromatic heterocycles. The third-order valence-electron chi connectivity index (χ3n) is 4.73. The molecule has 0 spiro atoms. The number of amides is 1. The molecule has 0 atom stereocenters. The molecule has 2 N–H and O–H groups in total. The molecule has 1 aliphatic rings. The Labute approximate surface area is 165 Å². The van der Waals surface area contributed by atoms with Gasteiger partial charge in [0, 0.05) is 6.04 Å². The summed E-state index contributed by atoms with van der Waals surface area (Å²) in [5, 5.41) is 12.7. The zero-order valence-electron chi connectivity index (χ0n) is 16.3. The van der Waals surface area contributed by atoms with Crippen LogP contribution < -0.4 is 10.2 Å². The van der Waals surface area contributed by atoms with E-state index in [1.165, 1.54) is 49.7 Å². The predicted molar refractivity (Wildman–Crippen MR) is 108 cm³/mol. The lowest BCUT2D eigenvalue weighted by molar-refractivity contribution is -0.919. The molecule has 1 aliphatic heterocycles. The van der Waals surface area contributed by atoms with Gasteiger partial charge in [-0.2, -0.15) is 0 Å². The van der Waals surface area contributed by atoms with E-state index in [0.29, 0.717) is 5.75 Å². The van der Waals surface area contributed by atoms with E-state index in [0.717, 1.165) is 24.1 Å². The van der Waals surface area contributed by atoms with E-state index in [-0.39, 0.29) is 11.9 Å². The molecular formula is C20H30N5OS+. The fourth-order valence-corrected chi connectivity index (χ4v) is 4.20. The SMILES string of the molecule is CC(C)NC(=O)CSc1nnc(C[NH+]2CCCCC2)n1Cc1ccccc1. The van der Waals surface area contributed by atoms with Crippen LogP contribution in [0.5, 0.6) is 0 Å². The summed E-state index contributed by atoms with van der Waals surface area (Å²) < 4.78 is 2.18. The molecule has 1 amide bonds. The summed E-state index contributed by atoms with van der Waals surface area (Å²) in [4.78, 5) is 13.6. The van der Waals surface area contributed by atoms with Crippen LogP contribution in [0.4, 0.5) is 0 Å². The maximum atomic E-state index is 12.0. The number of quaternary nitrogens is 1. The first-order valence-electron chi connectivity index (χ1n) is 9.83. The van der Waals surface area contributed by atoms with Crippen LogP contribution >= 0.6 is 11.8 Å². The lowest BCUT2D eigenvalue weighted by atomic mass is 10.1. The maximum absolute atomic E-state index is 12.0. The number of hydrogen-bond acceptors (Lipinski definition) is 4. The fourth-order valence-electron chi connectivity index (χ4n) is 3.43. The predicted octanol–water partition coefficient (Wildman–Crippen LogP) is 1.51. The maximum Gasteiger partial charge on any atom is 0.230 e. The van der Waals surface area contributed by atoms with Crippen molar-refractivity contribution >= 4 is 17.7 Å². The molecule has 1 aromatic carbocycles. The van der Waals surface area contributed by atoms with E-state index >= 15 is 0 Å². The van der Waals surface area contributed by atoms with Crippen LogP contribution in [0.2, 0.25) is 0 Å². The molecule has 0 radical (unpaired) electrons. The van der Waals surface area contributed by atoms with Crippen molar-refractivity contribution in [3.63, 3.8) is 0 Å². The minimum atomic E-state index is 0.0347. The van der Waals surface area contributed by atoms with E-state index in [2.05, 4.69) is 44.3 Å². The van der Waals surface area contributed by atoms with Crippen LogP contribution in [0.25, 0.3) is 0 Å². The summed E-state index contributed by atoms with van der Waals surface area (Å²) in [6.45, 7) is 8.00. The molecule has 3 rings (SSSR count). The second-order valence-electron chi connectivity index (χ2n) is 7.47. The highest BCUT2D eigenvalue weighted by molar-refractivity contribution is 7.99. The van der Waals surface area contributed by atoms with E-state index in [1.807, 2.05) is 19.9 Å². The van der Waals surface area contributed by atoms with E-state index in [1.54, 1.807) is 4.90 Å². The van der Waals surface area contributed by atoms with E-state index in [4.69, 9.17) is 0 Å². The van der Waals surface area contributed by atoms with Crippen molar-refractivity contribution in [1.29, 1.82) is 0 Å². The third kappa shape index (κ3) is 6.07. The van der Waals surface area contributed by atoms with Crippen LogP contribution in [0.3, 0.4) is 0 Å². The van der Waals surface area contributed by atoms with Gasteiger partial charge in [-0.1, -0.05) is 42.1 Å². The number of likely N-dealkylation sites (tertiary alicyclic amines) is 1. The highest BCUT2D eigenvalue weighted by Crippen LogP contribution is 2.18. The Balaban J connectivity index is 1.74. The molecule has 27 heavy (non-hydrogen) atoms. The standard InChI is InChI=1S/C20H29N5OS/c1-16(2)21-19(26)15-27-20-23-22-18(14-24-11-7-4-8-12-24)25(20)13-17-9-5-3-6-10-17/h3,5-6,9-10,16H,4,7-8,11-15H2,1-2H3,(H,21,26)/p+1.